The minimum atomic E-state index is -0.361. The Morgan fingerprint density at radius 2 is 2.15 bits per heavy atom. The number of nitrogens with zero attached hydrogens (tertiary/aromatic N) is 1. The van der Waals surface area contributed by atoms with Gasteiger partial charge < -0.3 is 10.6 Å². The molecule has 0 aromatic rings. The fourth-order valence-electron chi connectivity index (χ4n) is 1.64. The van der Waals surface area contributed by atoms with Crippen LogP contribution in [-0.4, -0.2) is 29.9 Å². The maximum atomic E-state index is 11.5. The highest BCUT2D eigenvalue weighted by Gasteiger charge is 2.22. The molecule has 1 aliphatic heterocycles. The molecule has 1 unspecified atom stereocenters. The summed E-state index contributed by atoms with van der Waals surface area (Å²) in [6.07, 6.45) is 4.04. The number of piperidine rings is 1. The molecule has 1 aliphatic rings. The number of amides is 1. The van der Waals surface area contributed by atoms with E-state index in [1.165, 1.54) is 0 Å². The van der Waals surface area contributed by atoms with Crippen LogP contribution in [0.3, 0.4) is 0 Å². The number of likely N-dealkylation sites (tertiary alicyclic amines) is 1. The molecule has 0 aromatic carbocycles. The van der Waals surface area contributed by atoms with Crippen molar-refractivity contribution in [1.82, 2.24) is 4.90 Å². The summed E-state index contributed by atoms with van der Waals surface area (Å²) >= 11 is 0. The SMILES string of the molecule is C=CC1CCN(C(=O)C(C)N)CC1. The molecule has 0 saturated carbocycles. The number of hydrogen-bond acceptors (Lipinski definition) is 2. The smallest absolute Gasteiger partial charge is 0.239 e. The lowest BCUT2D eigenvalue weighted by molar-refractivity contribution is -0.133. The van der Waals surface area contributed by atoms with E-state index < -0.39 is 0 Å². The van der Waals surface area contributed by atoms with Crippen LogP contribution in [0, 0.1) is 5.92 Å². The minimum absolute atomic E-state index is 0.0718. The second-order valence-corrected chi connectivity index (χ2v) is 3.69. The average Bonchev–Trinajstić information content (AvgIpc) is 2.17. The molecule has 1 heterocycles. The Balaban J connectivity index is 2.40. The Hall–Kier alpha value is -0.830. The van der Waals surface area contributed by atoms with Gasteiger partial charge in [0, 0.05) is 13.1 Å². The summed E-state index contributed by atoms with van der Waals surface area (Å²) in [5, 5.41) is 0. The second kappa shape index (κ2) is 4.42. The van der Waals surface area contributed by atoms with Crippen LogP contribution in [0.4, 0.5) is 0 Å². The van der Waals surface area contributed by atoms with Crippen molar-refractivity contribution in [2.75, 3.05) is 13.1 Å². The van der Waals surface area contributed by atoms with Gasteiger partial charge in [-0.05, 0) is 25.7 Å². The topological polar surface area (TPSA) is 46.3 Å². The molecule has 3 heteroatoms. The molecule has 0 spiro atoms. The van der Waals surface area contributed by atoms with Gasteiger partial charge in [-0.3, -0.25) is 4.79 Å². The maximum Gasteiger partial charge on any atom is 0.239 e. The standard InChI is InChI=1S/C10H18N2O/c1-3-9-4-6-12(7-5-9)10(13)8(2)11/h3,8-9H,1,4-7,11H2,2H3. The largest absolute Gasteiger partial charge is 0.341 e. The Bertz CT molecular complexity index is 193. The first-order chi connectivity index (χ1) is 6.15. The monoisotopic (exact) mass is 182 g/mol. The van der Waals surface area contributed by atoms with Crippen LogP contribution < -0.4 is 5.73 Å². The highest BCUT2D eigenvalue weighted by atomic mass is 16.2. The van der Waals surface area contributed by atoms with E-state index in [0.29, 0.717) is 5.92 Å². The molecule has 3 nitrogen and oxygen atoms in total. The number of nitrogens with two attached hydrogens (primary N) is 1. The van der Waals surface area contributed by atoms with Crippen molar-refractivity contribution in [3.63, 3.8) is 0 Å². The van der Waals surface area contributed by atoms with Crippen molar-refractivity contribution in [2.45, 2.75) is 25.8 Å². The molecule has 1 atom stereocenters. The van der Waals surface area contributed by atoms with Gasteiger partial charge in [0.25, 0.3) is 0 Å². The van der Waals surface area contributed by atoms with E-state index in [2.05, 4.69) is 6.58 Å². The first-order valence-corrected chi connectivity index (χ1v) is 4.82. The lowest BCUT2D eigenvalue weighted by atomic mass is 9.97. The van der Waals surface area contributed by atoms with Gasteiger partial charge in [-0.15, -0.1) is 6.58 Å². The fraction of sp³-hybridized carbons (Fsp3) is 0.700. The van der Waals surface area contributed by atoms with Crippen molar-refractivity contribution in [1.29, 1.82) is 0 Å². The van der Waals surface area contributed by atoms with E-state index in [1.54, 1.807) is 6.92 Å². The van der Waals surface area contributed by atoms with Crippen LogP contribution >= 0.6 is 0 Å². The normalized spacial score (nSPS) is 21.2. The third kappa shape index (κ3) is 2.56. The highest BCUT2D eigenvalue weighted by Crippen LogP contribution is 2.17. The molecule has 74 valence electrons. The molecule has 0 radical (unpaired) electrons. The van der Waals surface area contributed by atoms with Gasteiger partial charge in [0.2, 0.25) is 5.91 Å². The van der Waals surface area contributed by atoms with Crippen molar-refractivity contribution >= 4 is 5.91 Å². The van der Waals surface area contributed by atoms with Crippen molar-refractivity contribution in [2.24, 2.45) is 11.7 Å². The molecule has 0 aromatic heterocycles. The van der Waals surface area contributed by atoms with Gasteiger partial charge in [0.05, 0.1) is 6.04 Å². The molecule has 1 fully saturated rings. The minimum Gasteiger partial charge on any atom is -0.341 e. The molecule has 1 amide bonds. The maximum absolute atomic E-state index is 11.5. The van der Waals surface area contributed by atoms with Crippen LogP contribution in [-0.2, 0) is 4.79 Å². The fourth-order valence-corrected chi connectivity index (χ4v) is 1.64. The molecule has 1 saturated heterocycles. The van der Waals surface area contributed by atoms with Gasteiger partial charge in [-0.1, -0.05) is 6.08 Å². The van der Waals surface area contributed by atoms with Crippen LogP contribution in [0.2, 0.25) is 0 Å². The predicted molar refractivity (Wildman–Crippen MR) is 53.2 cm³/mol. The van der Waals surface area contributed by atoms with Gasteiger partial charge in [0.15, 0.2) is 0 Å². The Morgan fingerprint density at radius 1 is 1.62 bits per heavy atom. The molecule has 0 bridgehead atoms. The molecule has 0 aliphatic carbocycles. The number of rotatable bonds is 2. The van der Waals surface area contributed by atoms with Crippen molar-refractivity contribution in [3.05, 3.63) is 12.7 Å². The van der Waals surface area contributed by atoms with Crippen LogP contribution in [0.5, 0.6) is 0 Å². The van der Waals surface area contributed by atoms with Gasteiger partial charge >= 0.3 is 0 Å². The zero-order chi connectivity index (χ0) is 9.84. The molecular formula is C10H18N2O. The summed E-state index contributed by atoms with van der Waals surface area (Å²) in [5.74, 6) is 0.652. The van der Waals surface area contributed by atoms with Crippen LogP contribution in [0.15, 0.2) is 12.7 Å². The Morgan fingerprint density at radius 3 is 2.54 bits per heavy atom. The van der Waals surface area contributed by atoms with E-state index in [9.17, 15) is 4.79 Å². The number of carbonyl (C=O) groups excluding carboxylic acids is 1. The zero-order valence-electron chi connectivity index (χ0n) is 8.20. The highest BCUT2D eigenvalue weighted by molar-refractivity contribution is 5.81. The second-order valence-electron chi connectivity index (χ2n) is 3.69. The summed E-state index contributed by atoms with van der Waals surface area (Å²) in [7, 11) is 0. The van der Waals surface area contributed by atoms with E-state index in [4.69, 9.17) is 5.73 Å². The predicted octanol–water partition coefficient (Wildman–Crippen LogP) is 0.758. The summed E-state index contributed by atoms with van der Waals surface area (Å²) in [5.41, 5.74) is 5.52. The lowest BCUT2D eigenvalue weighted by Crippen LogP contribution is -2.45. The van der Waals surface area contributed by atoms with Crippen molar-refractivity contribution < 1.29 is 4.79 Å². The Kier molecular flexibility index (Phi) is 3.48. The van der Waals surface area contributed by atoms with Crippen molar-refractivity contribution in [3.8, 4) is 0 Å². The Labute approximate surface area is 79.6 Å². The quantitative estimate of drug-likeness (QED) is 0.641. The zero-order valence-corrected chi connectivity index (χ0v) is 8.20. The lowest BCUT2D eigenvalue weighted by Gasteiger charge is -2.31. The molecule has 2 N–H and O–H groups in total. The van der Waals surface area contributed by atoms with E-state index >= 15 is 0 Å². The van der Waals surface area contributed by atoms with Crippen LogP contribution in [0.1, 0.15) is 19.8 Å². The summed E-state index contributed by atoms with van der Waals surface area (Å²) < 4.78 is 0. The number of carbonyl (C=O) groups is 1. The third-order valence-corrected chi connectivity index (χ3v) is 2.57. The van der Waals surface area contributed by atoms with Gasteiger partial charge in [-0.2, -0.15) is 0 Å². The van der Waals surface area contributed by atoms with Gasteiger partial charge in [0.1, 0.15) is 0 Å². The van der Waals surface area contributed by atoms with Crippen LogP contribution in [0.25, 0.3) is 0 Å². The van der Waals surface area contributed by atoms with E-state index in [0.717, 1.165) is 25.9 Å². The third-order valence-electron chi connectivity index (χ3n) is 2.57. The summed E-state index contributed by atoms with van der Waals surface area (Å²) in [6.45, 7) is 7.16. The van der Waals surface area contributed by atoms with Gasteiger partial charge in [-0.25, -0.2) is 0 Å². The molecular weight excluding hydrogens is 164 g/mol. The molecule has 13 heavy (non-hydrogen) atoms. The number of allylic oxidation sites excluding steroid dienone is 1. The van der Waals surface area contributed by atoms with E-state index in [1.807, 2.05) is 11.0 Å². The summed E-state index contributed by atoms with van der Waals surface area (Å²) in [6, 6.07) is -0.361. The first kappa shape index (κ1) is 10.3. The summed E-state index contributed by atoms with van der Waals surface area (Å²) in [4.78, 5) is 13.3. The average molecular weight is 182 g/mol. The first-order valence-electron chi connectivity index (χ1n) is 4.82. The molecule has 1 rings (SSSR count). The number of hydrogen-bond donors (Lipinski definition) is 1. The van der Waals surface area contributed by atoms with E-state index in [-0.39, 0.29) is 11.9 Å².